The van der Waals surface area contributed by atoms with Crippen molar-refractivity contribution in [3.8, 4) is 6.07 Å². The molecule has 1 rings (SSSR count). The van der Waals surface area contributed by atoms with Crippen molar-refractivity contribution < 1.29 is 0 Å². The second-order valence-electron chi connectivity index (χ2n) is 2.47. The highest BCUT2D eigenvalue weighted by atomic mass is 35.5. The Labute approximate surface area is 81.5 Å². The lowest BCUT2D eigenvalue weighted by atomic mass is 10.1. The van der Waals surface area contributed by atoms with Crippen LogP contribution in [-0.4, -0.2) is 0 Å². The molecule has 0 aliphatic heterocycles. The van der Waals surface area contributed by atoms with E-state index < -0.39 is 0 Å². The first kappa shape index (κ1) is 9.38. The van der Waals surface area contributed by atoms with Crippen LogP contribution in [0.2, 0.25) is 10.0 Å². The van der Waals surface area contributed by atoms with E-state index in [1.165, 1.54) is 0 Å². The maximum absolute atomic E-state index is 8.51. The highest BCUT2D eigenvalue weighted by Crippen LogP contribution is 2.26. The van der Waals surface area contributed by atoms with Crippen molar-refractivity contribution >= 4 is 23.2 Å². The van der Waals surface area contributed by atoms with E-state index in [9.17, 15) is 0 Å². The van der Waals surface area contributed by atoms with Crippen LogP contribution >= 0.6 is 23.2 Å². The Kier molecular flexibility index (Phi) is 2.97. The van der Waals surface area contributed by atoms with Gasteiger partial charge >= 0.3 is 0 Å². The molecule has 0 aliphatic carbocycles. The van der Waals surface area contributed by atoms with E-state index in [0.717, 1.165) is 11.1 Å². The van der Waals surface area contributed by atoms with E-state index in [0.29, 0.717) is 16.5 Å². The minimum absolute atomic E-state index is 0.311. The first-order chi connectivity index (χ1) is 5.66. The van der Waals surface area contributed by atoms with Crippen LogP contribution in [0.25, 0.3) is 0 Å². The Morgan fingerprint density at radius 1 is 1.33 bits per heavy atom. The van der Waals surface area contributed by atoms with Crippen LogP contribution in [0.1, 0.15) is 11.1 Å². The van der Waals surface area contributed by atoms with E-state index in [-0.39, 0.29) is 0 Å². The average molecular weight is 200 g/mol. The van der Waals surface area contributed by atoms with Crippen molar-refractivity contribution in [2.24, 2.45) is 0 Å². The number of rotatable bonds is 1. The van der Waals surface area contributed by atoms with Gasteiger partial charge < -0.3 is 0 Å². The topological polar surface area (TPSA) is 23.8 Å². The predicted molar refractivity (Wildman–Crippen MR) is 50.5 cm³/mol. The lowest BCUT2D eigenvalue weighted by molar-refractivity contribution is 1.21. The molecule has 0 amide bonds. The Bertz CT molecular complexity index is 339. The van der Waals surface area contributed by atoms with E-state index in [1.54, 1.807) is 12.1 Å². The Morgan fingerprint density at radius 2 is 1.92 bits per heavy atom. The van der Waals surface area contributed by atoms with Gasteiger partial charge in [-0.25, -0.2) is 0 Å². The number of nitrogens with zero attached hydrogens (tertiary/aromatic N) is 1. The minimum Gasteiger partial charge on any atom is -0.198 e. The monoisotopic (exact) mass is 199 g/mol. The summed E-state index contributed by atoms with van der Waals surface area (Å²) in [5.41, 5.74) is 1.72. The third kappa shape index (κ3) is 1.72. The number of hydrogen-bond donors (Lipinski definition) is 0. The second-order valence-corrected chi connectivity index (χ2v) is 3.28. The fraction of sp³-hybridized carbons (Fsp3) is 0.222. The molecule has 0 fully saturated rings. The number of benzene rings is 1. The second kappa shape index (κ2) is 3.80. The van der Waals surface area contributed by atoms with Crippen LogP contribution in [0.15, 0.2) is 12.1 Å². The molecule has 0 radical (unpaired) electrons. The molecule has 0 unspecified atom stereocenters. The fourth-order valence-corrected chi connectivity index (χ4v) is 1.44. The molecule has 12 heavy (non-hydrogen) atoms. The van der Waals surface area contributed by atoms with Crippen LogP contribution in [0, 0.1) is 18.3 Å². The zero-order chi connectivity index (χ0) is 9.14. The molecular formula is C9H7Cl2N. The molecule has 1 aromatic rings. The van der Waals surface area contributed by atoms with Gasteiger partial charge in [-0.2, -0.15) is 5.26 Å². The van der Waals surface area contributed by atoms with Gasteiger partial charge in [0.15, 0.2) is 0 Å². The van der Waals surface area contributed by atoms with Gasteiger partial charge in [-0.1, -0.05) is 23.2 Å². The molecule has 3 heteroatoms. The van der Waals surface area contributed by atoms with Gasteiger partial charge in [-0.15, -0.1) is 0 Å². The number of nitriles is 1. The van der Waals surface area contributed by atoms with Gasteiger partial charge in [-0.05, 0) is 30.2 Å². The first-order valence-electron chi connectivity index (χ1n) is 3.47. The number of halogens is 2. The summed E-state index contributed by atoms with van der Waals surface area (Å²) >= 11 is 11.7. The summed E-state index contributed by atoms with van der Waals surface area (Å²) in [6.45, 7) is 1.86. The van der Waals surface area contributed by atoms with Crippen molar-refractivity contribution in [2.75, 3.05) is 0 Å². The largest absolute Gasteiger partial charge is 0.198 e. The predicted octanol–water partition coefficient (Wildman–Crippen LogP) is 3.37. The summed E-state index contributed by atoms with van der Waals surface area (Å²) in [4.78, 5) is 0. The molecule has 0 atom stereocenters. The van der Waals surface area contributed by atoms with Crippen molar-refractivity contribution in [1.29, 1.82) is 5.26 Å². The van der Waals surface area contributed by atoms with Crippen LogP contribution < -0.4 is 0 Å². The Hall–Kier alpha value is -0.710. The van der Waals surface area contributed by atoms with Crippen molar-refractivity contribution in [1.82, 2.24) is 0 Å². The molecule has 0 N–H and O–H groups in total. The molecule has 0 heterocycles. The lowest BCUT2D eigenvalue weighted by Gasteiger charge is -2.05. The van der Waals surface area contributed by atoms with Crippen molar-refractivity contribution in [3.63, 3.8) is 0 Å². The summed E-state index contributed by atoms with van der Waals surface area (Å²) in [6.07, 6.45) is 0.311. The third-order valence-electron chi connectivity index (χ3n) is 1.73. The summed E-state index contributed by atoms with van der Waals surface area (Å²) in [7, 11) is 0. The quantitative estimate of drug-likeness (QED) is 0.681. The van der Waals surface area contributed by atoms with Crippen LogP contribution in [0.5, 0.6) is 0 Å². The lowest BCUT2D eigenvalue weighted by Crippen LogP contribution is -1.89. The smallest absolute Gasteiger partial charge is 0.0670 e. The zero-order valence-corrected chi connectivity index (χ0v) is 8.08. The number of hydrogen-bond acceptors (Lipinski definition) is 1. The van der Waals surface area contributed by atoms with Gasteiger partial charge in [0.2, 0.25) is 0 Å². The summed E-state index contributed by atoms with van der Waals surface area (Å²) in [5, 5.41) is 9.77. The SMILES string of the molecule is Cc1c(Cl)ccc(Cl)c1CC#N. The molecule has 62 valence electrons. The Balaban J connectivity index is 3.25. The van der Waals surface area contributed by atoms with Gasteiger partial charge in [0.1, 0.15) is 0 Å². The summed E-state index contributed by atoms with van der Waals surface area (Å²) in [5.74, 6) is 0. The standard InChI is InChI=1S/C9H7Cl2N/c1-6-7(4-5-12)9(11)3-2-8(6)10/h2-3H,4H2,1H3. The van der Waals surface area contributed by atoms with Gasteiger partial charge in [0, 0.05) is 10.0 Å². The van der Waals surface area contributed by atoms with Crippen LogP contribution in [0.3, 0.4) is 0 Å². The summed E-state index contributed by atoms with van der Waals surface area (Å²) in [6, 6.07) is 5.50. The van der Waals surface area contributed by atoms with Gasteiger partial charge in [0.05, 0.1) is 12.5 Å². The van der Waals surface area contributed by atoms with E-state index in [2.05, 4.69) is 0 Å². The molecule has 1 aromatic carbocycles. The van der Waals surface area contributed by atoms with E-state index in [1.807, 2.05) is 13.0 Å². The molecule has 1 nitrogen and oxygen atoms in total. The highest BCUT2D eigenvalue weighted by molar-refractivity contribution is 6.34. The van der Waals surface area contributed by atoms with Gasteiger partial charge in [0.25, 0.3) is 0 Å². The van der Waals surface area contributed by atoms with Crippen molar-refractivity contribution in [3.05, 3.63) is 33.3 Å². The fourth-order valence-electron chi connectivity index (χ4n) is 0.991. The molecule has 0 saturated heterocycles. The third-order valence-corrected chi connectivity index (χ3v) is 2.49. The maximum Gasteiger partial charge on any atom is 0.0670 e. The highest BCUT2D eigenvalue weighted by Gasteiger charge is 2.06. The molecule has 0 aliphatic rings. The molecule has 0 aromatic heterocycles. The molecule has 0 spiro atoms. The Morgan fingerprint density at radius 3 is 2.50 bits per heavy atom. The summed E-state index contributed by atoms with van der Waals surface area (Å²) < 4.78 is 0. The minimum atomic E-state index is 0.311. The van der Waals surface area contributed by atoms with Crippen LogP contribution in [0.4, 0.5) is 0 Å². The van der Waals surface area contributed by atoms with E-state index >= 15 is 0 Å². The molecular weight excluding hydrogens is 193 g/mol. The van der Waals surface area contributed by atoms with E-state index in [4.69, 9.17) is 28.5 Å². The van der Waals surface area contributed by atoms with Crippen molar-refractivity contribution in [2.45, 2.75) is 13.3 Å². The van der Waals surface area contributed by atoms with Crippen LogP contribution in [-0.2, 0) is 6.42 Å². The zero-order valence-electron chi connectivity index (χ0n) is 6.56. The normalized spacial score (nSPS) is 9.50. The maximum atomic E-state index is 8.51. The average Bonchev–Trinajstić information content (AvgIpc) is 2.06. The molecule has 0 bridgehead atoms. The molecule has 0 saturated carbocycles. The van der Waals surface area contributed by atoms with Gasteiger partial charge in [-0.3, -0.25) is 0 Å². The first-order valence-corrected chi connectivity index (χ1v) is 4.23.